The molecule has 0 atom stereocenters. The quantitative estimate of drug-likeness (QED) is 0.744. The van der Waals surface area contributed by atoms with Gasteiger partial charge in [-0.3, -0.25) is 0 Å². The van der Waals surface area contributed by atoms with E-state index in [0.29, 0.717) is 12.4 Å². The first-order valence-corrected chi connectivity index (χ1v) is 9.47. The number of nitrogens with one attached hydrogen (secondary N) is 1. The summed E-state index contributed by atoms with van der Waals surface area (Å²) in [6, 6.07) is 11.9. The van der Waals surface area contributed by atoms with E-state index in [4.69, 9.17) is 0 Å². The van der Waals surface area contributed by atoms with E-state index in [1.807, 2.05) is 23.6 Å². The molecule has 0 radical (unpaired) electrons. The van der Waals surface area contributed by atoms with Crippen molar-refractivity contribution in [3.05, 3.63) is 59.5 Å². The van der Waals surface area contributed by atoms with E-state index in [1.54, 1.807) is 13.1 Å². The lowest BCUT2D eigenvalue weighted by atomic mass is 10.1. The van der Waals surface area contributed by atoms with Crippen LogP contribution in [-0.4, -0.2) is 28.7 Å². The van der Waals surface area contributed by atoms with Gasteiger partial charge in [0.05, 0.1) is 18.8 Å². The number of hydrogen-bond donors (Lipinski definition) is 1. The molecule has 7 heteroatoms. The Labute approximate surface area is 141 Å². The number of fused-ring (bicyclic) bond motifs is 1. The Bertz CT molecular complexity index is 946. The lowest BCUT2D eigenvalue weighted by Gasteiger charge is -2.10. The zero-order chi connectivity index (χ0) is 17.2. The lowest BCUT2D eigenvalue weighted by molar-refractivity contribution is 0.578. The van der Waals surface area contributed by atoms with Crippen molar-refractivity contribution in [1.82, 2.24) is 19.3 Å². The van der Waals surface area contributed by atoms with Crippen molar-refractivity contribution in [2.24, 2.45) is 0 Å². The second-order valence-corrected chi connectivity index (χ2v) is 7.77. The molecular formula is C17H20N4O2S. The van der Waals surface area contributed by atoms with Gasteiger partial charge in [0, 0.05) is 6.20 Å². The number of aryl methyl sites for hydroxylation is 1. The van der Waals surface area contributed by atoms with Crippen LogP contribution in [0.25, 0.3) is 11.2 Å². The predicted octanol–water partition coefficient (Wildman–Crippen LogP) is 2.23. The number of hydrogen-bond acceptors (Lipinski definition) is 4. The summed E-state index contributed by atoms with van der Waals surface area (Å²) in [5.74, 6) is 0.699. The first-order valence-electron chi connectivity index (χ1n) is 7.81. The van der Waals surface area contributed by atoms with Crippen LogP contribution in [0.1, 0.15) is 23.9 Å². The molecule has 6 nitrogen and oxygen atoms in total. The molecule has 0 unspecified atom stereocenters. The Hall–Kier alpha value is -2.25. The van der Waals surface area contributed by atoms with Crippen LogP contribution in [-0.2, 0) is 23.1 Å². The number of nitrogens with zero attached hydrogens (tertiary/aromatic N) is 3. The fraction of sp³-hybridized carbons (Fsp3) is 0.294. The topological polar surface area (TPSA) is 76.9 Å². The second kappa shape index (κ2) is 6.70. The summed E-state index contributed by atoms with van der Waals surface area (Å²) in [6.45, 7) is 4.40. The van der Waals surface area contributed by atoms with E-state index in [2.05, 4.69) is 39.0 Å². The molecule has 0 fully saturated rings. The van der Waals surface area contributed by atoms with Crippen molar-refractivity contribution >= 4 is 21.2 Å². The number of sulfonamides is 1. The van der Waals surface area contributed by atoms with Crippen LogP contribution in [0.3, 0.4) is 0 Å². The molecule has 3 aromatic rings. The van der Waals surface area contributed by atoms with Crippen LogP contribution in [0.2, 0.25) is 0 Å². The zero-order valence-electron chi connectivity index (χ0n) is 13.7. The Morgan fingerprint density at radius 3 is 2.62 bits per heavy atom. The number of aromatic nitrogens is 3. The molecule has 0 bridgehead atoms. The van der Waals surface area contributed by atoms with E-state index in [1.165, 1.54) is 5.56 Å². The zero-order valence-corrected chi connectivity index (χ0v) is 14.5. The highest BCUT2D eigenvalue weighted by molar-refractivity contribution is 7.89. The summed E-state index contributed by atoms with van der Waals surface area (Å²) in [7, 11) is -3.27. The van der Waals surface area contributed by atoms with Crippen molar-refractivity contribution in [1.29, 1.82) is 0 Å². The SMILES string of the molecule is CCS(=O)(=O)NCc1nc2cccnc2n1Cc1ccc(C)cc1. The van der Waals surface area contributed by atoms with Gasteiger partial charge in [-0.2, -0.15) is 0 Å². The average Bonchev–Trinajstić information content (AvgIpc) is 2.93. The maximum Gasteiger partial charge on any atom is 0.211 e. The van der Waals surface area contributed by atoms with Gasteiger partial charge in [-0.1, -0.05) is 29.8 Å². The molecule has 0 saturated carbocycles. The number of benzene rings is 1. The third kappa shape index (κ3) is 3.63. The number of rotatable bonds is 6. The van der Waals surface area contributed by atoms with E-state index >= 15 is 0 Å². The monoisotopic (exact) mass is 344 g/mol. The summed E-state index contributed by atoms with van der Waals surface area (Å²) >= 11 is 0. The number of imidazole rings is 1. The maximum atomic E-state index is 11.7. The largest absolute Gasteiger partial charge is 0.307 e. The fourth-order valence-corrected chi connectivity index (χ4v) is 3.01. The summed E-state index contributed by atoms with van der Waals surface area (Å²) in [6.07, 6.45) is 1.72. The standard InChI is InChI=1S/C17H20N4O2S/c1-3-24(22,23)19-11-16-20-15-5-4-10-18-17(15)21(16)12-14-8-6-13(2)7-9-14/h4-10,19H,3,11-12H2,1-2H3. The molecule has 2 aromatic heterocycles. The molecule has 0 aliphatic heterocycles. The van der Waals surface area contributed by atoms with Gasteiger partial charge in [-0.15, -0.1) is 0 Å². The molecule has 1 N–H and O–H groups in total. The van der Waals surface area contributed by atoms with Crippen molar-refractivity contribution in [3.8, 4) is 0 Å². The van der Waals surface area contributed by atoms with Gasteiger partial charge < -0.3 is 4.57 Å². The van der Waals surface area contributed by atoms with Gasteiger partial charge in [-0.05, 0) is 31.5 Å². The average molecular weight is 344 g/mol. The van der Waals surface area contributed by atoms with E-state index in [9.17, 15) is 8.42 Å². The van der Waals surface area contributed by atoms with E-state index in [-0.39, 0.29) is 12.3 Å². The Kier molecular flexibility index (Phi) is 4.64. The van der Waals surface area contributed by atoms with Crippen molar-refractivity contribution in [2.75, 3.05) is 5.75 Å². The molecule has 2 heterocycles. The third-order valence-electron chi connectivity index (χ3n) is 3.87. The van der Waals surface area contributed by atoms with Crippen LogP contribution in [0.5, 0.6) is 0 Å². The lowest BCUT2D eigenvalue weighted by Crippen LogP contribution is -2.26. The highest BCUT2D eigenvalue weighted by atomic mass is 32.2. The summed E-state index contributed by atoms with van der Waals surface area (Å²) in [5, 5.41) is 0. The maximum absolute atomic E-state index is 11.7. The normalized spacial score (nSPS) is 11.9. The Balaban J connectivity index is 1.97. The molecule has 3 rings (SSSR count). The minimum Gasteiger partial charge on any atom is -0.307 e. The molecule has 0 aliphatic rings. The first kappa shape index (κ1) is 16.6. The molecule has 24 heavy (non-hydrogen) atoms. The van der Waals surface area contributed by atoms with Gasteiger partial charge in [0.15, 0.2) is 5.65 Å². The predicted molar refractivity (Wildman–Crippen MR) is 94.1 cm³/mol. The fourth-order valence-electron chi connectivity index (χ4n) is 2.46. The third-order valence-corrected chi connectivity index (χ3v) is 5.22. The van der Waals surface area contributed by atoms with Crippen LogP contribution in [0, 0.1) is 6.92 Å². The van der Waals surface area contributed by atoms with Crippen molar-refractivity contribution in [3.63, 3.8) is 0 Å². The van der Waals surface area contributed by atoms with Crippen LogP contribution in [0.15, 0.2) is 42.6 Å². The van der Waals surface area contributed by atoms with Crippen molar-refractivity contribution in [2.45, 2.75) is 26.9 Å². The summed E-state index contributed by atoms with van der Waals surface area (Å²) in [4.78, 5) is 8.94. The Morgan fingerprint density at radius 2 is 1.92 bits per heavy atom. The van der Waals surface area contributed by atoms with Gasteiger partial charge in [0.1, 0.15) is 11.3 Å². The smallest absolute Gasteiger partial charge is 0.211 e. The molecule has 0 spiro atoms. The minimum absolute atomic E-state index is 0.0451. The van der Waals surface area contributed by atoms with Gasteiger partial charge in [-0.25, -0.2) is 23.1 Å². The minimum atomic E-state index is -3.27. The molecule has 0 amide bonds. The molecule has 0 saturated heterocycles. The summed E-state index contributed by atoms with van der Waals surface area (Å²) in [5.41, 5.74) is 3.83. The molecule has 1 aromatic carbocycles. The molecule has 0 aliphatic carbocycles. The Morgan fingerprint density at radius 1 is 1.17 bits per heavy atom. The van der Waals surface area contributed by atoms with Gasteiger partial charge in [0.2, 0.25) is 10.0 Å². The van der Waals surface area contributed by atoms with Crippen molar-refractivity contribution < 1.29 is 8.42 Å². The first-order chi connectivity index (χ1) is 11.5. The second-order valence-electron chi connectivity index (χ2n) is 5.67. The number of pyridine rings is 1. The van der Waals surface area contributed by atoms with Gasteiger partial charge >= 0.3 is 0 Å². The molecular weight excluding hydrogens is 324 g/mol. The molecule has 126 valence electrons. The van der Waals surface area contributed by atoms with E-state index in [0.717, 1.165) is 16.7 Å². The van der Waals surface area contributed by atoms with E-state index < -0.39 is 10.0 Å². The van der Waals surface area contributed by atoms with Gasteiger partial charge in [0.25, 0.3) is 0 Å². The highest BCUT2D eigenvalue weighted by Gasteiger charge is 2.14. The van der Waals surface area contributed by atoms with Crippen LogP contribution < -0.4 is 4.72 Å². The van der Waals surface area contributed by atoms with Crippen LogP contribution >= 0.6 is 0 Å². The van der Waals surface area contributed by atoms with Crippen LogP contribution in [0.4, 0.5) is 0 Å². The summed E-state index contributed by atoms with van der Waals surface area (Å²) < 4.78 is 28.0. The highest BCUT2D eigenvalue weighted by Crippen LogP contribution is 2.16.